The first-order valence-electron chi connectivity index (χ1n) is 21.7. The molecular formula is C46H60F2N6O7SSi. The number of carbonyl (C=O) groups excluding carboxylic acids is 5. The van der Waals surface area contributed by atoms with Crippen LogP contribution in [0.25, 0.3) is 11.1 Å². The number of carboxylic acid groups (broad SMARTS) is 1. The van der Waals surface area contributed by atoms with Crippen molar-refractivity contribution in [1.82, 2.24) is 29.9 Å². The fourth-order valence-corrected chi connectivity index (χ4v) is 9.73. The number of halogens is 2. The van der Waals surface area contributed by atoms with Gasteiger partial charge in [-0.3, -0.25) is 28.9 Å². The zero-order chi connectivity index (χ0) is 45.5. The lowest BCUT2D eigenvalue weighted by atomic mass is 9.81. The number of nitrogens with zero attached hydrogens (tertiary/aromatic N) is 4. The van der Waals surface area contributed by atoms with Gasteiger partial charge in [-0.25, -0.2) is 13.6 Å². The molecule has 3 N–H and O–H groups in total. The van der Waals surface area contributed by atoms with Crippen molar-refractivity contribution >= 4 is 55.5 Å². The summed E-state index contributed by atoms with van der Waals surface area (Å²) < 4.78 is 32.0. The van der Waals surface area contributed by atoms with E-state index >= 15 is 4.39 Å². The third-order valence-corrected chi connectivity index (χ3v) is 14.0. The first-order chi connectivity index (χ1) is 30.1. The van der Waals surface area contributed by atoms with Crippen LogP contribution in [-0.4, -0.2) is 119 Å². The predicted molar refractivity (Wildman–Crippen MR) is 243 cm³/mol. The topological polar surface area (TPSA) is 161 Å². The number of amides is 6. The fourth-order valence-electron chi connectivity index (χ4n) is 7.98. The summed E-state index contributed by atoms with van der Waals surface area (Å²) in [5, 5.41) is 15.4. The summed E-state index contributed by atoms with van der Waals surface area (Å²) in [6.07, 6.45) is 8.23. The van der Waals surface area contributed by atoms with Crippen LogP contribution in [0.1, 0.15) is 62.2 Å². The molecule has 3 aromatic rings. The number of hydrogen-bond donors (Lipinski definition) is 3. The molecule has 1 aliphatic heterocycles. The van der Waals surface area contributed by atoms with Gasteiger partial charge in [-0.1, -0.05) is 69.2 Å². The number of thioether (sulfide) groups is 1. The minimum absolute atomic E-state index is 0.0454. The van der Waals surface area contributed by atoms with Gasteiger partial charge in [-0.15, -0.1) is 0 Å². The minimum Gasteiger partial charge on any atom is -0.465 e. The average molecular weight is 907 g/mol. The molecule has 2 aromatic carbocycles. The van der Waals surface area contributed by atoms with Gasteiger partial charge in [0.2, 0.25) is 17.7 Å². The van der Waals surface area contributed by atoms with Crippen molar-refractivity contribution in [3.63, 3.8) is 0 Å². The van der Waals surface area contributed by atoms with Gasteiger partial charge in [-0.05, 0) is 61.1 Å². The van der Waals surface area contributed by atoms with Crippen LogP contribution in [0, 0.1) is 17.6 Å². The van der Waals surface area contributed by atoms with Crippen LogP contribution in [0.4, 0.5) is 13.6 Å². The van der Waals surface area contributed by atoms with E-state index in [0.717, 1.165) is 78.6 Å². The molecular weight excluding hydrogens is 847 g/mol. The van der Waals surface area contributed by atoms with Gasteiger partial charge >= 0.3 is 6.09 Å². The molecule has 6 amide bonds. The van der Waals surface area contributed by atoms with E-state index in [0.29, 0.717) is 30.8 Å². The van der Waals surface area contributed by atoms with Crippen molar-refractivity contribution in [2.24, 2.45) is 5.92 Å². The molecule has 1 atom stereocenters. The Morgan fingerprint density at radius 2 is 1.57 bits per heavy atom. The maximum absolute atomic E-state index is 15.4. The summed E-state index contributed by atoms with van der Waals surface area (Å²) >= 11 is 1.31. The summed E-state index contributed by atoms with van der Waals surface area (Å²) in [5.41, 5.74) is 2.39. The summed E-state index contributed by atoms with van der Waals surface area (Å²) in [4.78, 5) is 79.5. The van der Waals surface area contributed by atoms with E-state index in [4.69, 9.17) is 0 Å². The molecule has 1 aromatic heterocycles. The van der Waals surface area contributed by atoms with Gasteiger partial charge in [0, 0.05) is 94.7 Å². The van der Waals surface area contributed by atoms with Crippen LogP contribution in [0.2, 0.25) is 25.7 Å². The molecule has 0 radical (unpaired) electrons. The monoisotopic (exact) mass is 906 g/mol. The second kappa shape index (κ2) is 23.4. The van der Waals surface area contributed by atoms with E-state index in [-0.39, 0.29) is 61.6 Å². The Hall–Kier alpha value is -5.29. The average Bonchev–Trinajstić information content (AvgIpc) is 3.80. The van der Waals surface area contributed by atoms with Gasteiger partial charge in [0.1, 0.15) is 18.2 Å². The Morgan fingerprint density at radius 3 is 2.24 bits per heavy atom. The van der Waals surface area contributed by atoms with E-state index in [1.807, 2.05) is 52.1 Å². The Morgan fingerprint density at radius 1 is 0.889 bits per heavy atom. The zero-order valence-electron chi connectivity index (χ0n) is 36.5. The van der Waals surface area contributed by atoms with Crippen molar-refractivity contribution in [2.75, 3.05) is 50.8 Å². The van der Waals surface area contributed by atoms with Crippen molar-refractivity contribution in [1.29, 1.82) is 0 Å². The summed E-state index contributed by atoms with van der Waals surface area (Å²) in [7, 11) is -1.55. The molecule has 2 aliphatic rings. The smallest absolute Gasteiger partial charge is 0.407 e. The van der Waals surface area contributed by atoms with Crippen LogP contribution in [0.3, 0.4) is 0 Å². The SMILES string of the molecule is C[Si](C)(C)CCN(CCCN(C(=O)CSCCC(=O)NCCNC(=O)CN1C(=O)C=CC1=O)[C@@H](c1cc(-c2cc(F)ccc2F)cn1Cc1ccccc1)C1CCCCC1)C(=O)O. The molecule has 0 spiro atoms. The van der Waals surface area contributed by atoms with Crippen LogP contribution in [0.5, 0.6) is 0 Å². The number of rotatable bonds is 23. The molecule has 340 valence electrons. The minimum atomic E-state index is -1.55. The zero-order valence-corrected chi connectivity index (χ0v) is 38.3. The molecule has 63 heavy (non-hydrogen) atoms. The summed E-state index contributed by atoms with van der Waals surface area (Å²) in [6, 6.07) is 15.4. The third-order valence-electron chi connectivity index (χ3n) is 11.3. The maximum Gasteiger partial charge on any atom is 0.407 e. The summed E-state index contributed by atoms with van der Waals surface area (Å²) in [5.74, 6) is -2.81. The first-order valence-corrected chi connectivity index (χ1v) is 26.6. The quantitative estimate of drug-likeness (QED) is 0.0525. The van der Waals surface area contributed by atoms with Crippen LogP contribution < -0.4 is 10.6 Å². The maximum atomic E-state index is 15.4. The molecule has 13 nitrogen and oxygen atoms in total. The molecule has 1 fully saturated rings. The largest absolute Gasteiger partial charge is 0.465 e. The van der Waals surface area contributed by atoms with Crippen molar-refractivity contribution in [3.8, 4) is 11.1 Å². The second-order valence-corrected chi connectivity index (χ2v) is 24.1. The van der Waals surface area contributed by atoms with Gasteiger partial charge in [0.25, 0.3) is 11.8 Å². The highest BCUT2D eigenvalue weighted by Gasteiger charge is 2.36. The van der Waals surface area contributed by atoms with Crippen molar-refractivity contribution in [3.05, 3.63) is 95.8 Å². The third kappa shape index (κ3) is 14.9. The molecule has 17 heteroatoms. The molecule has 5 rings (SSSR count). The molecule has 1 saturated carbocycles. The number of hydrogen-bond acceptors (Lipinski definition) is 7. The lowest BCUT2D eigenvalue weighted by molar-refractivity contribution is -0.141. The van der Waals surface area contributed by atoms with Gasteiger partial charge in [0.05, 0.1) is 11.8 Å². The lowest BCUT2D eigenvalue weighted by Gasteiger charge is -2.40. The lowest BCUT2D eigenvalue weighted by Crippen LogP contribution is -2.43. The Balaban J connectivity index is 1.34. The molecule has 0 unspecified atom stereocenters. The van der Waals surface area contributed by atoms with E-state index in [2.05, 4.69) is 30.3 Å². The normalized spacial score (nSPS) is 14.8. The molecule has 2 heterocycles. The van der Waals surface area contributed by atoms with Gasteiger partial charge in [0.15, 0.2) is 0 Å². The molecule has 0 bridgehead atoms. The standard InChI is InChI=1S/C46H60F2N6O7SSi/c1-63(2,3)26-24-51(46(60)61)22-10-23-53(44(59)32-62-25-19-40(55)49-20-21-50-41(56)31-54-42(57)17-18-43(54)58)45(34-13-8-5-9-14-34)39-27-35(37-28-36(47)15-16-38(37)48)30-52(39)29-33-11-6-4-7-12-33/h4,6-7,11-12,15-18,27-28,30,34,45H,5,8-10,13-14,19-26,29,31-32H2,1-3H3,(H,49,55)(H,50,56)(H,60,61)/t45-/m1/s1. The second-order valence-electron chi connectivity index (χ2n) is 17.4. The van der Waals surface area contributed by atoms with E-state index in [1.165, 1.54) is 22.7 Å². The van der Waals surface area contributed by atoms with Crippen molar-refractivity contribution < 1.29 is 42.7 Å². The van der Waals surface area contributed by atoms with Crippen molar-refractivity contribution in [2.45, 2.75) is 83.2 Å². The Bertz CT molecular complexity index is 2090. The van der Waals surface area contributed by atoms with Crippen LogP contribution >= 0.6 is 11.8 Å². The Labute approximate surface area is 373 Å². The predicted octanol–water partition coefficient (Wildman–Crippen LogP) is 6.92. The van der Waals surface area contributed by atoms with Gasteiger partial charge in [-0.2, -0.15) is 11.8 Å². The fraction of sp³-hybridized carbons (Fsp3) is 0.478. The molecule has 1 aliphatic carbocycles. The van der Waals surface area contributed by atoms with E-state index < -0.39 is 56.1 Å². The summed E-state index contributed by atoms with van der Waals surface area (Å²) in [6.45, 7) is 7.74. The number of imide groups is 1. The molecule has 0 saturated heterocycles. The van der Waals surface area contributed by atoms with Gasteiger partial charge < -0.3 is 30.1 Å². The highest BCUT2D eigenvalue weighted by atomic mass is 32.2. The number of benzene rings is 2. The number of aromatic nitrogens is 1. The highest BCUT2D eigenvalue weighted by molar-refractivity contribution is 7.99. The van der Waals surface area contributed by atoms with E-state index in [1.54, 1.807) is 0 Å². The van der Waals surface area contributed by atoms with E-state index in [9.17, 15) is 38.3 Å². The van der Waals surface area contributed by atoms with Crippen LogP contribution in [-0.2, 0) is 30.5 Å². The highest BCUT2D eigenvalue weighted by Crippen LogP contribution is 2.41. The first kappa shape index (κ1) is 48.7. The number of carbonyl (C=O) groups is 6. The van der Waals surface area contributed by atoms with Crippen LogP contribution in [0.15, 0.2) is 72.9 Å². The Kier molecular flexibility index (Phi) is 18.1. The number of nitrogens with one attached hydrogen (secondary N) is 2.